The van der Waals surface area contributed by atoms with Gasteiger partial charge in [-0.3, -0.25) is 4.79 Å². The lowest BCUT2D eigenvalue weighted by Crippen LogP contribution is -2.28. The largest absolute Gasteiger partial charge is 0.342 e. The van der Waals surface area contributed by atoms with E-state index in [-0.39, 0.29) is 11.7 Å². The van der Waals surface area contributed by atoms with Crippen molar-refractivity contribution in [2.24, 2.45) is 5.73 Å². The van der Waals surface area contributed by atoms with Gasteiger partial charge >= 0.3 is 0 Å². The molecule has 0 fully saturated rings. The van der Waals surface area contributed by atoms with E-state index in [2.05, 4.69) is 0 Å². The fraction of sp³-hybridized carbons (Fsp3) is 0.500. The summed E-state index contributed by atoms with van der Waals surface area (Å²) in [6, 6.07) is 4.25. The highest BCUT2D eigenvalue weighted by Gasteiger charge is 2.13. The van der Waals surface area contributed by atoms with E-state index in [1.165, 1.54) is 12.1 Å². The SMILES string of the molecule is Cc1cc(F)ccc1C(=O)N(C)CCCCCN. The van der Waals surface area contributed by atoms with Gasteiger partial charge in [0.1, 0.15) is 5.82 Å². The minimum Gasteiger partial charge on any atom is -0.342 e. The van der Waals surface area contributed by atoms with Crippen molar-refractivity contribution in [2.75, 3.05) is 20.1 Å². The van der Waals surface area contributed by atoms with Crippen LogP contribution in [0.2, 0.25) is 0 Å². The number of aryl methyl sites for hydroxylation is 1. The monoisotopic (exact) mass is 252 g/mol. The summed E-state index contributed by atoms with van der Waals surface area (Å²) in [6.07, 6.45) is 2.95. The van der Waals surface area contributed by atoms with Crippen molar-refractivity contribution in [3.63, 3.8) is 0 Å². The van der Waals surface area contributed by atoms with Crippen LogP contribution in [0, 0.1) is 12.7 Å². The minimum absolute atomic E-state index is 0.0553. The van der Waals surface area contributed by atoms with Gasteiger partial charge in [-0.15, -0.1) is 0 Å². The molecule has 0 saturated carbocycles. The molecule has 18 heavy (non-hydrogen) atoms. The van der Waals surface area contributed by atoms with Crippen LogP contribution in [0.15, 0.2) is 18.2 Å². The Labute approximate surface area is 108 Å². The number of unbranched alkanes of at least 4 members (excludes halogenated alkanes) is 2. The van der Waals surface area contributed by atoms with Crippen molar-refractivity contribution >= 4 is 5.91 Å². The molecule has 3 nitrogen and oxygen atoms in total. The highest BCUT2D eigenvalue weighted by atomic mass is 19.1. The van der Waals surface area contributed by atoms with Gasteiger partial charge in [0, 0.05) is 19.2 Å². The molecular formula is C14H21FN2O. The van der Waals surface area contributed by atoms with E-state index in [1.807, 2.05) is 0 Å². The number of nitrogens with two attached hydrogens (primary N) is 1. The van der Waals surface area contributed by atoms with E-state index in [4.69, 9.17) is 5.73 Å². The van der Waals surface area contributed by atoms with E-state index in [0.717, 1.165) is 19.3 Å². The molecule has 0 bridgehead atoms. The fourth-order valence-corrected chi connectivity index (χ4v) is 1.84. The Morgan fingerprint density at radius 1 is 1.33 bits per heavy atom. The van der Waals surface area contributed by atoms with Crippen molar-refractivity contribution < 1.29 is 9.18 Å². The van der Waals surface area contributed by atoms with Crippen LogP contribution in [-0.2, 0) is 0 Å². The second-order valence-corrected chi connectivity index (χ2v) is 4.54. The number of nitrogens with zero attached hydrogens (tertiary/aromatic N) is 1. The molecule has 100 valence electrons. The van der Waals surface area contributed by atoms with Crippen LogP contribution in [0.25, 0.3) is 0 Å². The van der Waals surface area contributed by atoms with Gasteiger partial charge in [-0.2, -0.15) is 0 Å². The van der Waals surface area contributed by atoms with E-state index < -0.39 is 0 Å². The van der Waals surface area contributed by atoms with Crippen LogP contribution in [0.5, 0.6) is 0 Å². The fourth-order valence-electron chi connectivity index (χ4n) is 1.84. The zero-order valence-corrected chi connectivity index (χ0v) is 11.1. The van der Waals surface area contributed by atoms with Gasteiger partial charge in [0.25, 0.3) is 5.91 Å². The third-order valence-corrected chi connectivity index (χ3v) is 2.96. The molecule has 1 rings (SSSR count). The number of carbonyl (C=O) groups excluding carboxylic acids is 1. The molecule has 0 aliphatic rings. The average Bonchev–Trinajstić information content (AvgIpc) is 2.33. The van der Waals surface area contributed by atoms with Crippen molar-refractivity contribution in [1.82, 2.24) is 4.90 Å². The van der Waals surface area contributed by atoms with E-state index in [9.17, 15) is 9.18 Å². The lowest BCUT2D eigenvalue weighted by Gasteiger charge is -2.18. The van der Waals surface area contributed by atoms with Crippen molar-refractivity contribution in [3.05, 3.63) is 35.1 Å². The first-order chi connectivity index (χ1) is 8.56. The van der Waals surface area contributed by atoms with Crippen LogP contribution in [0.4, 0.5) is 4.39 Å². The Morgan fingerprint density at radius 3 is 2.67 bits per heavy atom. The lowest BCUT2D eigenvalue weighted by molar-refractivity contribution is 0.0792. The minimum atomic E-state index is -0.311. The molecule has 4 heteroatoms. The molecule has 0 atom stereocenters. The van der Waals surface area contributed by atoms with Gasteiger partial charge in [-0.1, -0.05) is 6.42 Å². The molecule has 0 aliphatic carbocycles. The molecule has 1 amide bonds. The lowest BCUT2D eigenvalue weighted by atomic mass is 10.1. The van der Waals surface area contributed by atoms with E-state index >= 15 is 0 Å². The second kappa shape index (κ2) is 7.11. The highest BCUT2D eigenvalue weighted by molar-refractivity contribution is 5.95. The van der Waals surface area contributed by atoms with E-state index in [0.29, 0.717) is 24.2 Å². The zero-order chi connectivity index (χ0) is 13.5. The number of hydrogen-bond donors (Lipinski definition) is 1. The highest BCUT2D eigenvalue weighted by Crippen LogP contribution is 2.12. The van der Waals surface area contributed by atoms with Crippen LogP contribution in [0.3, 0.4) is 0 Å². The molecule has 0 heterocycles. The molecule has 0 radical (unpaired) electrons. The van der Waals surface area contributed by atoms with Crippen molar-refractivity contribution in [2.45, 2.75) is 26.2 Å². The molecule has 0 aromatic heterocycles. The Hall–Kier alpha value is -1.42. The Bertz CT molecular complexity index is 407. The summed E-state index contributed by atoms with van der Waals surface area (Å²) in [5.74, 6) is -0.366. The topological polar surface area (TPSA) is 46.3 Å². The number of amides is 1. The summed E-state index contributed by atoms with van der Waals surface area (Å²) in [5.41, 5.74) is 6.66. The predicted octanol–water partition coefficient (Wildman–Crippen LogP) is 2.34. The first kappa shape index (κ1) is 14.6. The van der Waals surface area contributed by atoms with Crippen LogP contribution >= 0.6 is 0 Å². The third kappa shape index (κ3) is 4.11. The first-order valence-corrected chi connectivity index (χ1v) is 6.28. The number of carbonyl (C=O) groups is 1. The molecule has 1 aromatic carbocycles. The van der Waals surface area contributed by atoms with Gasteiger partial charge in [-0.25, -0.2) is 4.39 Å². The maximum atomic E-state index is 13.0. The molecule has 2 N–H and O–H groups in total. The first-order valence-electron chi connectivity index (χ1n) is 6.28. The Morgan fingerprint density at radius 2 is 2.06 bits per heavy atom. The van der Waals surface area contributed by atoms with Gasteiger partial charge in [0.05, 0.1) is 0 Å². The summed E-state index contributed by atoms with van der Waals surface area (Å²) in [6.45, 7) is 3.14. The Balaban J connectivity index is 2.57. The normalized spacial score (nSPS) is 10.4. The smallest absolute Gasteiger partial charge is 0.253 e. The van der Waals surface area contributed by atoms with Gasteiger partial charge < -0.3 is 10.6 Å². The van der Waals surface area contributed by atoms with Gasteiger partial charge in [0.2, 0.25) is 0 Å². The average molecular weight is 252 g/mol. The summed E-state index contributed by atoms with van der Waals surface area (Å²) in [4.78, 5) is 13.8. The summed E-state index contributed by atoms with van der Waals surface area (Å²) < 4.78 is 13.0. The molecular weight excluding hydrogens is 231 g/mol. The number of halogens is 1. The maximum Gasteiger partial charge on any atom is 0.253 e. The molecule has 0 unspecified atom stereocenters. The molecule has 1 aromatic rings. The van der Waals surface area contributed by atoms with Crippen LogP contribution < -0.4 is 5.73 Å². The van der Waals surface area contributed by atoms with Crippen molar-refractivity contribution in [3.8, 4) is 0 Å². The summed E-state index contributed by atoms with van der Waals surface area (Å²) in [7, 11) is 1.77. The molecule has 0 saturated heterocycles. The van der Waals surface area contributed by atoms with Crippen molar-refractivity contribution in [1.29, 1.82) is 0 Å². The standard InChI is InChI=1S/C14H21FN2O/c1-11-10-12(15)6-7-13(11)14(18)17(2)9-5-3-4-8-16/h6-7,10H,3-5,8-9,16H2,1-2H3. The zero-order valence-electron chi connectivity index (χ0n) is 11.1. The summed E-state index contributed by atoms with van der Waals surface area (Å²) in [5, 5.41) is 0. The number of rotatable bonds is 6. The number of benzene rings is 1. The third-order valence-electron chi connectivity index (χ3n) is 2.96. The Kier molecular flexibility index (Phi) is 5.78. The number of hydrogen-bond acceptors (Lipinski definition) is 2. The molecule has 0 aliphatic heterocycles. The molecule has 0 spiro atoms. The van der Waals surface area contributed by atoms with Gasteiger partial charge in [0.15, 0.2) is 0 Å². The van der Waals surface area contributed by atoms with Crippen LogP contribution in [-0.4, -0.2) is 30.9 Å². The van der Waals surface area contributed by atoms with Gasteiger partial charge in [-0.05, 0) is 50.1 Å². The van der Waals surface area contributed by atoms with E-state index in [1.54, 1.807) is 24.9 Å². The van der Waals surface area contributed by atoms with Crippen LogP contribution in [0.1, 0.15) is 35.2 Å². The quantitative estimate of drug-likeness (QED) is 0.790. The maximum absolute atomic E-state index is 13.0. The summed E-state index contributed by atoms with van der Waals surface area (Å²) >= 11 is 0. The second-order valence-electron chi connectivity index (χ2n) is 4.54. The predicted molar refractivity (Wildman–Crippen MR) is 71.0 cm³/mol.